The minimum atomic E-state index is -0.826. The Bertz CT molecular complexity index is 974. The molecular weight excluding hydrogens is 408 g/mol. The molecule has 1 N–H and O–H groups in total. The summed E-state index contributed by atoms with van der Waals surface area (Å²) in [5.74, 6) is 0.125. The average molecular weight is 437 g/mol. The number of hydrogen-bond acceptors (Lipinski definition) is 4. The Morgan fingerprint density at radius 2 is 1.87 bits per heavy atom. The second-order valence-corrected chi connectivity index (χ2v) is 9.11. The molecule has 2 heterocycles. The first-order valence-electron chi connectivity index (χ1n) is 10.9. The molecule has 1 aliphatic rings. The van der Waals surface area contributed by atoms with Crippen LogP contribution >= 0.6 is 11.3 Å². The summed E-state index contributed by atoms with van der Waals surface area (Å²) in [4.78, 5) is 29.3. The third-order valence-corrected chi connectivity index (χ3v) is 6.65. The molecule has 0 radical (unpaired) electrons. The summed E-state index contributed by atoms with van der Waals surface area (Å²) in [6, 6.07) is 14.6. The van der Waals surface area contributed by atoms with Gasteiger partial charge in [-0.3, -0.25) is 9.59 Å². The van der Waals surface area contributed by atoms with Crippen molar-refractivity contribution < 1.29 is 14.0 Å². The molecule has 2 aromatic heterocycles. The molecule has 162 valence electrons. The Morgan fingerprint density at radius 3 is 2.52 bits per heavy atom. The van der Waals surface area contributed by atoms with Crippen LogP contribution in [0.15, 0.2) is 64.6 Å². The fourth-order valence-electron chi connectivity index (χ4n) is 4.11. The second-order valence-electron chi connectivity index (χ2n) is 8.16. The molecule has 1 fully saturated rings. The predicted octanol–water partition coefficient (Wildman–Crippen LogP) is 5.48. The highest BCUT2D eigenvalue weighted by atomic mass is 32.1. The van der Waals surface area contributed by atoms with E-state index in [2.05, 4.69) is 5.32 Å². The van der Waals surface area contributed by atoms with Crippen LogP contribution in [0.5, 0.6) is 0 Å². The minimum absolute atomic E-state index is 0.150. The molecule has 1 atom stereocenters. The van der Waals surface area contributed by atoms with Gasteiger partial charge in [0.2, 0.25) is 0 Å². The summed E-state index contributed by atoms with van der Waals surface area (Å²) in [6.45, 7) is 2.35. The van der Waals surface area contributed by atoms with Gasteiger partial charge in [0.1, 0.15) is 5.76 Å². The maximum Gasteiger partial charge on any atom is 0.265 e. The van der Waals surface area contributed by atoms with Crippen molar-refractivity contribution in [3.8, 4) is 0 Å². The maximum atomic E-state index is 13.5. The largest absolute Gasteiger partial charge is 0.467 e. The lowest BCUT2D eigenvalue weighted by Gasteiger charge is -2.32. The van der Waals surface area contributed by atoms with Gasteiger partial charge in [-0.1, -0.05) is 55.2 Å². The minimum Gasteiger partial charge on any atom is -0.467 e. The van der Waals surface area contributed by atoms with Gasteiger partial charge in [-0.05, 0) is 48.9 Å². The fourth-order valence-corrected chi connectivity index (χ4v) is 4.79. The Balaban J connectivity index is 1.67. The molecule has 2 amide bonds. The lowest BCUT2D eigenvalue weighted by molar-refractivity contribution is -0.127. The third-order valence-electron chi connectivity index (χ3n) is 5.79. The van der Waals surface area contributed by atoms with E-state index in [4.69, 9.17) is 4.42 Å². The quantitative estimate of drug-likeness (QED) is 0.533. The maximum absolute atomic E-state index is 13.5. The first kappa shape index (κ1) is 21.4. The first-order chi connectivity index (χ1) is 15.1. The van der Waals surface area contributed by atoms with Crippen LogP contribution in [0.1, 0.15) is 64.7 Å². The Hall–Kier alpha value is -2.86. The number of amides is 2. The monoisotopic (exact) mass is 436 g/mol. The number of carbonyl (C=O) groups excluding carboxylic acids is 2. The molecule has 1 saturated carbocycles. The zero-order valence-electron chi connectivity index (χ0n) is 17.8. The van der Waals surface area contributed by atoms with Crippen molar-refractivity contribution in [2.24, 2.45) is 0 Å². The van der Waals surface area contributed by atoms with Gasteiger partial charge in [-0.15, -0.1) is 11.3 Å². The highest BCUT2D eigenvalue weighted by Crippen LogP contribution is 2.28. The molecule has 1 aliphatic carbocycles. The van der Waals surface area contributed by atoms with Gasteiger partial charge < -0.3 is 14.6 Å². The number of aryl methyl sites for hydroxylation is 1. The SMILES string of the molecule is Cc1ccc(CN(C(=O)c2cccs2)C(C(=O)NC2CCCCC2)c2ccco2)cc1. The molecule has 4 rings (SSSR count). The summed E-state index contributed by atoms with van der Waals surface area (Å²) < 4.78 is 5.66. The summed E-state index contributed by atoms with van der Waals surface area (Å²) in [5, 5.41) is 5.07. The topological polar surface area (TPSA) is 62.6 Å². The highest BCUT2D eigenvalue weighted by molar-refractivity contribution is 7.12. The molecule has 1 unspecified atom stereocenters. The molecule has 0 saturated heterocycles. The number of thiophene rings is 1. The number of benzene rings is 1. The smallest absolute Gasteiger partial charge is 0.265 e. The van der Waals surface area contributed by atoms with Crippen LogP contribution in [0.3, 0.4) is 0 Å². The van der Waals surface area contributed by atoms with Gasteiger partial charge in [0.25, 0.3) is 11.8 Å². The average Bonchev–Trinajstić information content (AvgIpc) is 3.50. The summed E-state index contributed by atoms with van der Waals surface area (Å²) in [5.41, 5.74) is 2.12. The van der Waals surface area contributed by atoms with Gasteiger partial charge in [0.15, 0.2) is 6.04 Å². The number of hydrogen-bond donors (Lipinski definition) is 1. The lowest BCUT2D eigenvalue weighted by Crippen LogP contribution is -2.46. The van der Waals surface area contributed by atoms with E-state index in [1.165, 1.54) is 17.8 Å². The molecule has 5 nitrogen and oxygen atoms in total. The summed E-state index contributed by atoms with van der Waals surface area (Å²) in [7, 11) is 0. The number of carbonyl (C=O) groups is 2. The van der Waals surface area contributed by atoms with E-state index in [0.29, 0.717) is 17.2 Å². The van der Waals surface area contributed by atoms with Crippen molar-refractivity contribution in [3.05, 3.63) is 81.9 Å². The van der Waals surface area contributed by atoms with Gasteiger partial charge in [0, 0.05) is 12.6 Å². The number of nitrogens with one attached hydrogen (secondary N) is 1. The zero-order valence-corrected chi connectivity index (χ0v) is 18.6. The van der Waals surface area contributed by atoms with Gasteiger partial charge >= 0.3 is 0 Å². The van der Waals surface area contributed by atoms with E-state index in [0.717, 1.165) is 36.8 Å². The van der Waals surface area contributed by atoms with Gasteiger partial charge in [-0.2, -0.15) is 0 Å². The Labute approximate surface area is 187 Å². The molecule has 0 bridgehead atoms. The van der Waals surface area contributed by atoms with E-state index >= 15 is 0 Å². The highest BCUT2D eigenvalue weighted by Gasteiger charge is 2.35. The molecule has 3 aromatic rings. The molecule has 6 heteroatoms. The Morgan fingerprint density at radius 1 is 1.10 bits per heavy atom. The van der Waals surface area contributed by atoms with Crippen molar-refractivity contribution >= 4 is 23.2 Å². The van der Waals surface area contributed by atoms with Crippen LogP contribution in [-0.2, 0) is 11.3 Å². The predicted molar refractivity (Wildman–Crippen MR) is 122 cm³/mol. The third kappa shape index (κ3) is 5.25. The molecule has 0 aliphatic heterocycles. The van der Waals surface area contributed by atoms with Crippen molar-refractivity contribution in [2.45, 2.75) is 57.7 Å². The number of rotatable bonds is 7. The van der Waals surface area contributed by atoms with Crippen LogP contribution < -0.4 is 5.32 Å². The van der Waals surface area contributed by atoms with Crippen LogP contribution in [0, 0.1) is 6.92 Å². The van der Waals surface area contributed by atoms with Crippen LogP contribution in [-0.4, -0.2) is 22.8 Å². The standard InChI is InChI=1S/C25H28N2O3S/c1-18-11-13-19(14-12-18)17-27(25(29)22-10-6-16-31-22)23(21-9-5-15-30-21)24(28)26-20-7-3-2-4-8-20/h5-6,9-16,20,23H,2-4,7-8,17H2,1H3,(H,26,28). The van der Waals surface area contributed by atoms with Crippen LogP contribution in [0.2, 0.25) is 0 Å². The molecule has 1 aromatic carbocycles. The lowest BCUT2D eigenvalue weighted by atomic mass is 9.95. The van der Waals surface area contributed by atoms with Crippen molar-refractivity contribution in [1.82, 2.24) is 10.2 Å². The molecule has 31 heavy (non-hydrogen) atoms. The van der Waals surface area contributed by atoms with Crippen molar-refractivity contribution in [1.29, 1.82) is 0 Å². The summed E-state index contributed by atoms with van der Waals surface area (Å²) >= 11 is 1.38. The van der Waals surface area contributed by atoms with Gasteiger partial charge in [0.05, 0.1) is 11.1 Å². The first-order valence-corrected chi connectivity index (χ1v) is 11.7. The fraction of sp³-hybridized carbons (Fsp3) is 0.360. The van der Waals surface area contributed by atoms with E-state index in [-0.39, 0.29) is 17.9 Å². The van der Waals surface area contributed by atoms with E-state index in [1.807, 2.05) is 42.6 Å². The van der Waals surface area contributed by atoms with Crippen molar-refractivity contribution in [2.75, 3.05) is 0 Å². The zero-order chi connectivity index (χ0) is 21.6. The van der Waals surface area contributed by atoms with Gasteiger partial charge in [-0.25, -0.2) is 0 Å². The van der Waals surface area contributed by atoms with Crippen molar-refractivity contribution in [3.63, 3.8) is 0 Å². The summed E-state index contributed by atoms with van der Waals surface area (Å²) in [6.07, 6.45) is 6.97. The number of furan rings is 1. The second kappa shape index (κ2) is 9.96. The molecule has 0 spiro atoms. The van der Waals surface area contributed by atoms with E-state index < -0.39 is 6.04 Å². The normalized spacial score (nSPS) is 15.4. The Kier molecular flexibility index (Phi) is 6.87. The molecular formula is C25H28N2O3S. The van der Waals surface area contributed by atoms with Crippen LogP contribution in [0.25, 0.3) is 0 Å². The van der Waals surface area contributed by atoms with E-state index in [9.17, 15) is 9.59 Å². The van der Waals surface area contributed by atoms with E-state index in [1.54, 1.807) is 29.4 Å². The van der Waals surface area contributed by atoms with Crippen LogP contribution in [0.4, 0.5) is 0 Å². The number of nitrogens with zero attached hydrogens (tertiary/aromatic N) is 1.